The van der Waals surface area contributed by atoms with E-state index < -0.39 is 0 Å². The van der Waals surface area contributed by atoms with Gasteiger partial charge in [0.05, 0.1) is 12.6 Å². The number of likely N-dealkylation sites (tertiary alicyclic amines) is 2. The largest absolute Gasteiger partial charge is 0.343 e. The molecule has 1 aromatic heterocycles. The average Bonchev–Trinajstić information content (AvgIpc) is 3.37. The summed E-state index contributed by atoms with van der Waals surface area (Å²) in [5.74, 6) is 1.75. The van der Waals surface area contributed by atoms with Crippen molar-refractivity contribution < 1.29 is 9.59 Å². The maximum atomic E-state index is 13.1. The molecule has 3 heterocycles. The van der Waals surface area contributed by atoms with Gasteiger partial charge in [-0.3, -0.25) is 4.79 Å². The van der Waals surface area contributed by atoms with Crippen molar-refractivity contribution in [1.29, 1.82) is 0 Å². The molecule has 0 radical (unpaired) electrons. The van der Waals surface area contributed by atoms with Gasteiger partial charge in [-0.15, -0.1) is 10.2 Å². The van der Waals surface area contributed by atoms with Gasteiger partial charge in [0, 0.05) is 37.6 Å². The Kier molecular flexibility index (Phi) is 6.46. The van der Waals surface area contributed by atoms with Gasteiger partial charge in [0.15, 0.2) is 5.82 Å². The first-order chi connectivity index (χ1) is 14.9. The Balaban J connectivity index is 1.44. The van der Waals surface area contributed by atoms with Crippen LogP contribution < -0.4 is 5.32 Å². The number of rotatable bonds is 4. The topological polar surface area (TPSA) is 83.4 Å². The number of urea groups is 1. The van der Waals surface area contributed by atoms with Crippen molar-refractivity contribution in [2.24, 2.45) is 0 Å². The number of carbonyl (C=O) groups is 2. The van der Waals surface area contributed by atoms with Gasteiger partial charge in [-0.05, 0) is 50.3 Å². The summed E-state index contributed by atoms with van der Waals surface area (Å²) in [7, 11) is 0. The molecule has 0 spiro atoms. The van der Waals surface area contributed by atoms with E-state index in [9.17, 15) is 9.59 Å². The van der Waals surface area contributed by atoms with Crippen LogP contribution in [0.4, 0.5) is 4.79 Å². The molecule has 2 aromatic rings. The lowest BCUT2D eigenvalue weighted by molar-refractivity contribution is -0.129. The van der Waals surface area contributed by atoms with Crippen molar-refractivity contribution in [2.75, 3.05) is 19.6 Å². The zero-order chi connectivity index (χ0) is 22.0. The summed E-state index contributed by atoms with van der Waals surface area (Å²) in [4.78, 5) is 28.3. The quantitative estimate of drug-likeness (QED) is 0.785. The minimum Gasteiger partial charge on any atom is -0.343 e. The number of aryl methyl sites for hydroxylation is 1. The summed E-state index contributed by atoms with van der Waals surface area (Å²) >= 11 is 6.02. The molecule has 1 atom stereocenters. The van der Waals surface area contributed by atoms with E-state index in [1.807, 2.05) is 41.0 Å². The number of halogens is 1. The first-order valence-corrected chi connectivity index (χ1v) is 11.3. The van der Waals surface area contributed by atoms with Crippen LogP contribution in [0, 0.1) is 6.92 Å². The predicted molar refractivity (Wildman–Crippen MR) is 118 cm³/mol. The molecule has 8 nitrogen and oxygen atoms in total. The third kappa shape index (κ3) is 4.84. The monoisotopic (exact) mass is 444 g/mol. The van der Waals surface area contributed by atoms with Gasteiger partial charge in [-0.25, -0.2) is 4.79 Å². The Morgan fingerprint density at radius 2 is 1.81 bits per heavy atom. The number of hydrogen-bond acceptors (Lipinski definition) is 4. The van der Waals surface area contributed by atoms with Crippen molar-refractivity contribution >= 4 is 23.5 Å². The third-order valence-electron chi connectivity index (χ3n) is 6.30. The van der Waals surface area contributed by atoms with Gasteiger partial charge in [0.1, 0.15) is 5.82 Å². The lowest BCUT2D eigenvalue weighted by atomic mass is 10.1. The second-order valence-corrected chi connectivity index (χ2v) is 8.84. The van der Waals surface area contributed by atoms with E-state index in [-0.39, 0.29) is 24.0 Å². The maximum Gasteiger partial charge on any atom is 0.318 e. The number of nitrogens with zero attached hydrogens (tertiary/aromatic N) is 5. The van der Waals surface area contributed by atoms with Crippen LogP contribution in [-0.4, -0.2) is 62.2 Å². The van der Waals surface area contributed by atoms with Crippen molar-refractivity contribution in [3.05, 3.63) is 46.5 Å². The molecule has 2 saturated heterocycles. The van der Waals surface area contributed by atoms with Crippen LogP contribution in [0.25, 0.3) is 0 Å². The Labute approximate surface area is 187 Å². The zero-order valence-corrected chi connectivity index (χ0v) is 18.8. The molecule has 0 bridgehead atoms. The van der Waals surface area contributed by atoms with Crippen LogP contribution in [0.3, 0.4) is 0 Å². The molecule has 166 valence electrons. The van der Waals surface area contributed by atoms with Gasteiger partial charge in [-0.2, -0.15) is 0 Å². The summed E-state index contributed by atoms with van der Waals surface area (Å²) in [5.41, 5.74) is 1.11. The molecule has 1 N–H and O–H groups in total. The number of amides is 3. The molecule has 2 fully saturated rings. The highest BCUT2D eigenvalue weighted by atomic mass is 35.5. The lowest BCUT2D eigenvalue weighted by Gasteiger charge is -2.33. The fraction of sp³-hybridized carbons (Fsp3) is 0.545. The van der Waals surface area contributed by atoms with Crippen molar-refractivity contribution in [1.82, 2.24) is 29.9 Å². The standard InChI is InChI=1S/C22H29ClN6O2/c1-15-25-26-21(29(15)14-17-5-7-18(23)8-6-17)20-4-3-11-28(20)22(31)24-19-9-12-27(13-10-19)16(2)30/h5-8,19-20H,3-4,9-14H2,1-2H3,(H,24,31)/t20-/m1/s1. The molecule has 0 aliphatic carbocycles. The lowest BCUT2D eigenvalue weighted by Crippen LogP contribution is -2.50. The minimum absolute atomic E-state index is 0.0533. The SMILES string of the molecule is CC(=O)N1CCC(NC(=O)N2CCC[C@@H]2c2nnc(C)n2Cc2ccc(Cl)cc2)CC1. The smallest absolute Gasteiger partial charge is 0.318 e. The molecule has 3 amide bonds. The minimum atomic E-state index is -0.0918. The van der Waals surface area contributed by atoms with Gasteiger partial charge in [-0.1, -0.05) is 23.7 Å². The Hall–Kier alpha value is -2.61. The van der Waals surface area contributed by atoms with E-state index in [1.54, 1.807) is 6.92 Å². The summed E-state index contributed by atoms with van der Waals surface area (Å²) in [6, 6.07) is 7.70. The Morgan fingerprint density at radius 1 is 1.10 bits per heavy atom. The van der Waals surface area contributed by atoms with Gasteiger partial charge >= 0.3 is 6.03 Å². The van der Waals surface area contributed by atoms with E-state index in [1.165, 1.54) is 0 Å². The van der Waals surface area contributed by atoms with Crippen LogP contribution in [-0.2, 0) is 11.3 Å². The van der Waals surface area contributed by atoms with E-state index >= 15 is 0 Å². The molecule has 9 heteroatoms. The summed E-state index contributed by atoms with van der Waals surface area (Å²) in [5, 5.41) is 12.6. The summed E-state index contributed by atoms with van der Waals surface area (Å²) in [6.07, 6.45) is 3.38. The number of piperidine rings is 1. The summed E-state index contributed by atoms with van der Waals surface area (Å²) < 4.78 is 2.09. The Bertz CT molecular complexity index is 936. The second kappa shape index (κ2) is 9.26. The van der Waals surface area contributed by atoms with Crippen LogP contribution in [0.15, 0.2) is 24.3 Å². The molecule has 31 heavy (non-hydrogen) atoms. The molecule has 2 aliphatic rings. The average molecular weight is 445 g/mol. The van der Waals surface area contributed by atoms with E-state index in [4.69, 9.17) is 11.6 Å². The highest BCUT2D eigenvalue weighted by Gasteiger charge is 2.35. The molecule has 0 unspecified atom stereocenters. The van der Waals surface area contributed by atoms with Crippen molar-refractivity contribution in [2.45, 2.75) is 58.2 Å². The number of benzene rings is 1. The highest BCUT2D eigenvalue weighted by Crippen LogP contribution is 2.32. The number of nitrogens with one attached hydrogen (secondary N) is 1. The predicted octanol–water partition coefficient (Wildman–Crippen LogP) is 3.15. The van der Waals surface area contributed by atoms with Crippen LogP contribution in [0.2, 0.25) is 5.02 Å². The van der Waals surface area contributed by atoms with E-state index in [0.717, 1.165) is 42.9 Å². The van der Waals surface area contributed by atoms with Crippen molar-refractivity contribution in [3.63, 3.8) is 0 Å². The fourth-order valence-corrected chi connectivity index (χ4v) is 4.61. The van der Waals surface area contributed by atoms with Gasteiger partial charge in [0.2, 0.25) is 5.91 Å². The first kappa shape index (κ1) is 21.6. The van der Waals surface area contributed by atoms with Crippen LogP contribution in [0.5, 0.6) is 0 Å². The molecule has 2 aliphatic heterocycles. The third-order valence-corrected chi connectivity index (χ3v) is 6.55. The van der Waals surface area contributed by atoms with Crippen LogP contribution >= 0.6 is 11.6 Å². The second-order valence-electron chi connectivity index (χ2n) is 8.40. The maximum absolute atomic E-state index is 13.1. The zero-order valence-electron chi connectivity index (χ0n) is 18.1. The highest BCUT2D eigenvalue weighted by molar-refractivity contribution is 6.30. The molecule has 4 rings (SSSR count). The van der Waals surface area contributed by atoms with E-state index in [2.05, 4.69) is 20.1 Å². The van der Waals surface area contributed by atoms with E-state index in [0.29, 0.717) is 31.2 Å². The molecule has 1 aromatic carbocycles. The number of hydrogen-bond donors (Lipinski definition) is 1. The molecular weight excluding hydrogens is 416 g/mol. The summed E-state index contributed by atoms with van der Waals surface area (Å²) in [6.45, 7) is 6.26. The van der Waals surface area contributed by atoms with Crippen molar-refractivity contribution in [3.8, 4) is 0 Å². The Morgan fingerprint density at radius 3 is 2.48 bits per heavy atom. The fourth-order valence-electron chi connectivity index (χ4n) is 4.49. The molecular formula is C22H29ClN6O2. The first-order valence-electron chi connectivity index (χ1n) is 10.9. The number of aromatic nitrogens is 3. The van der Waals surface area contributed by atoms with Gasteiger partial charge < -0.3 is 19.7 Å². The normalized spacial score (nSPS) is 19.6. The van der Waals surface area contributed by atoms with Gasteiger partial charge in [0.25, 0.3) is 0 Å². The number of carbonyl (C=O) groups excluding carboxylic acids is 2. The van der Waals surface area contributed by atoms with Crippen LogP contribution in [0.1, 0.15) is 55.9 Å². The molecule has 0 saturated carbocycles.